The Bertz CT molecular complexity index is 785. The van der Waals surface area contributed by atoms with Crippen LogP contribution in [0.5, 0.6) is 0 Å². The molecule has 2 aromatic rings. The third-order valence-corrected chi connectivity index (χ3v) is 5.48. The highest BCUT2D eigenvalue weighted by Gasteiger charge is 2.28. The summed E-state index contributed by atoms with van der Waals surface area (Å²) in [5.74, 6) is -0.965. The van der Waals surface area contributed by atoms with E-state index >= 15 is 0 Å². The van der Waals surface area contributed by atoms with Gasteiger partial charge in [0.15, 0.2) is 11.6 Å². The van der Waals surface area contributed by atoms with Gasteiger partial charge in [-0.25, -0.2) is 8.78 Å². The number of anilines is 1. The minimum absolute atomic E-state index is 0.211. The van der Waals surface area contributed by atoms with Gasteiger partial charge in [-0.3, -0.25) is 9.89 Å². The Hall–Kier alpha value is -2.44. The summed E-state index contributed by atoms with van der Waals surface area (Å²) in [6, 6.07) is 3.25. The summed E-state index contributed by atoms with van der Waals surface area (Å²) in [6.45, 7) is 3.00. The molecule has 1 aromatic heterocycles. The normalized spacial score (nSPS) is 18.8. The number of H-pyrrole nitrogens is 1. The summed E-state index contributed by atoms with van der Waals surface area (Å²) in [7, 11) is 0. The molecular formula is C19H22F2N4O. The first-order valence-corrected chi connectivity index (χ1v) is 9.13. The van der Waals surface area contributed by atoms with Gasteiger partial charge in [0.1, 0.15) is 0 Å². The molecule has 2 saturated heterocycles. The van der Waals surface area contributed by atoms with Crippen molar-refractivity contribution in [1.82, 2.24) is 15.1 Å². The van der Waals surface area contributed by atoms with Crippen molar-refractivity contribution in [2.24, 2.45) is 5.92 Å². The molecule has 26 heavy (non-hydrogen) atoms. The van der Waals surface area contributed by atoms with Crippen LogP contribution in [0.15, 0.2) is 24.5 Å². The molecule has 2 aliphatic rings. The highest BCUT2D eigenvalue weighted by molar-refractivity contribution is 5.78. The van der Waals surface area contributed by atoms with E-state index in [0.29, 0.717) is 36.7 Å². The minimum atomic E-state index is -0.839. The Morgan fingerprint density at radius 3 is 2.62 bits per heavy atom. The molecular weight excluding hydrogens is 338 g/mol. The number of amides is 1. The highest BCUT2D eigenvalue weighted by atomic mass is 19.2. The van der Waals surface area contributed by atoms with E-state index in [1.807, 2.05) is 9.80 Å². The first kappa shape index (κ1) is 17.0. The molecule has 1 amide bonds. The number of likely N-dealkylation sites (tertiary alicyclic amines) is 1. The van der Waals surface area contributed by atoms with Gasteiger partial charge in [-0.1, -0.05) is 0 Å². The quantitative estimate of drug-likeness (QED) is 0.911. The average Bonchev–Trinajstić information content (AvgIpc) is 3.31. The van der Waals surface area contributed by atoms with Gasteiger partial charge in [0.05, 0.1) is 11.9 Å². The van der Waals surface area contributed by atoms with E-state index in [2.05, 4.69) is 10.2 Å². The number of benzene rings is 1. The van der Waals surface area contributed by atoms with Crippen molar-refractivity contribution in [3.8, 4) is 11.1 Å². The predicted molar refractivity (Wildman–Crippen MR) is 94.7 cm³/mol. The van der Waals surface area contributed by atoms with Crippen LogP contribution < -0.4 is 4.90 Å². The Labute approximate surface area is 151 Å². The lowest BCUT2D eigenvalue weighted by Gasteiger charge is -2.35. The van der Waals surface area contributed by atoms with Crippen LogP contribution >= 0.6 is 0 Å². The van der Waals surface area contributed by atoms with Crippen LogP contribution in [0.3, 0.4) is 0 Å². The second-order valence-corrected chi connectivity index (χ2v) is 7.12. The van der Waals surface area contributed by atoms with Crippen molar-refractivity contribution in [3.05, 3.63) is 36.2 Å². The van der Waals surface area contributed by atoms with Crippen molar-refractivity contribution >= 4 is 11.6 Å². The molecule has 0 unspecified atom stereocenters. The largest absolute Gasteiger partial charge is 0.369 e. The van der Waals surface area contributed by atoms with Crippen molar-refractivity contribution in [2.45, 2.75) is 25.7 Å². The van der Waals surface area contributed by atoms with Crippen LogP contribution in [0.25, 0.3) is 11.1 Å². The number of hydrogen-bond acceptors (Lipinski definition) is 3. The van der Waals surface area contributed by atoms with Gasteiger partial charge >= 0.3 is 0 Å². The lowest BCUT2D eigenvalue weighted by molar-refractivity contribution is -0.128. The zero-order valence-electron chi connectivity index (χ0n) is 14.5. The van der Waals surface area contributed by atoms with Gasteiger partial charge in [0, 0.05) is 49.9 Å². The molecule has 3 heterocycles. The second kappa shape index (κ2) is 7.05. The number of nitrogens with one attached hydrogen (secondary N) is 1. The van der Waals surface area contributed by atoms with Crippen LogP contribution in [-0.4, -0.2) is 47.2 Å². The molecule has 4 rings (SSSR count). The molecule has 138 valence electrons. The van der Waals surface area contributed by atoms with E-state index in [-0.39, 0.29) is 11.5 Å². The molecule has 0 spiro atoms. The summed E-state index contributed by atoms with van der Waals surface area (Å²) < 4.78 is 29.1. The molecule has 2 aliphatic heterocycles. The smallest absolute Gasteiger partial charge is 0.222 e. The second-order valence-electron chi connectivity index (χ2n) is 7.12. The Kier molecular flexibility index (Phi) is 4.61. The van der Waals surface area contributed by atoms with Crippen LogP contribution in [0.4, 0.5) is 14.5 Å². The van der Waals surface area contributed by atoms with Crippen molar-refractivity contribution < 1.29 is 13.6 Å². The maximum absolute atomic E-state index is 14.6. The standard InChI is InChI=1S/C19H22F2N4O/c20-18-15(14-10-22-23-11-14)3-4-16(19(18)21)24-8-5-13(6-9-24)12-25-7-1-2-17(25)26/h3-4,10-11,13H,1-2,5-9,12H2,(H,22,23). The monoisotopic (exact) mass is 360 g/mol. The maximum atomic E-state index is 14.6. The van der Waals surface area contributed by atoms with Crippen molar-refractivity contribution in [2.75, 3.05) is 31.1 Å². The third kappa shape index (κ3) is 3.18. The number of aromatic nitrogens is 2. The lowest BCUT2D eigenvalue weighted by atomic mass is 9.95. The van der Waals surface area contributed by atoms with E-state index < -0.39 is 11.6 Å². The number of aromatic amines is 1. The fourth-order valence-electron chi connectivity index (χ4n) is 3.97. The third-order valence-electron chi connectivity index (χ3n) is 5.48. The van der Waals surface area contributed by atoms with Gasteiger partial charge in [0.25, 0.3) is 0 Å². The topological polar surface area (TPSA) is 52.2 Å². The summed E-state index contributed by atoms with van der Waals surface area (Å²) in [5.41, 5.74) is 1.05. The first-order chi connectivity index (χ1) is 12.6. The molecule has 0 saturated carbocycles. The average molecular weight is 360 g/mol. The molecule has 7 heteroatoms. The van der Waals surface area contributed by atoms with Crippen LogP contribution in [0.2, 0.25) is 0 Å². The SMILES string of the molecule is O=C1CCCN1CC1CCN(c2ccc(-c3cn[nH]c3)c(F)c2F)CC1. The zero-order valence-corrected chi connectivity index (χ0v) is 14.5. The summed E-state index contributed by atoms with van der Waals surface area (Å²) in [4.78, 5) is 15.6. The Balaban J connectivity index is 1.43. The molecule has 0 atom stereocenters. The zero-order chi connectivity index (χ0) is 18.1. The molecule has 0 bridgehead atoms. The van der Waals surface area contributed by atoms with E-state index in [4.69, 9.17) is 0 Å². The van der Waals surface area contributed by atoms with Crippen LogP contribution in [0.1, 0.15) is 25.7 Å². The Morgan fingerprint density at radius 1 is 1.15 bits per heavy atom. The van der Waals surface area contributed by atoms with Gasteiger partial charge in [-0.15, -0.1) is 0 Å². The van der Waals surface area contributed by atoms with Crippen molar-refractivity contribution in [1.29, 1.82) is 0 Å². The summed E-state index contributed by atoms with van der Waals surface area (Å²) in [6.07, 6.45) is 6.39. The minimum Gasteiger partial charge on any atom is -0.369 e. The van der Waals surface area contributed by atoms with E-state index in [9.17, 15) is 13.6 Å². The Morgan fingerprint density at radius 2 is 1.96 bits per heavy atom. The van der Waals surface area contributed by atoms with Gasteiger partial charge in [0.2, 0.25) is 5.91 Å². The molecule has 2 fully saturated rings. The molecule has 1 aromatic carbocycles. The fraction of sp³-hybridized carbons (Fsp3) is 0.474. The van der Waals surface area contributed by atoms with Gasteiger partial charge in [-0.2, -0.15) is 5.10 Å². The fourth-order valence-corrected chi connectivity index (χ4v) is 3.97. The number of nitrogens with zero attached hydrogens (tertiary/aromatic N) is 3. The molecule has 0 radical (unpaired) electrons. The lowest BCUT2D eigenvalue weighted by Crippen LogP contribution is -2.39. The summed E-state index contributed by atoms with van der Waals surface area (Å²) >= 11 is 0. The van der Waals surface area contributed by atoms with Crippen LogP contribution in [-0.2, 0) is 4.79 Å². The molecule has 1 N–H and O–H groups in total. The van der Waals surface area contributed by atoms with Gasteiger partial charge in [-0.05, 0) is 37.3 Å². The number of halogens is 2. The van der Waals surface area contributed by atoms with Crippen LogP contribution in [0, 0.1) is 17.6 Å². The number of piperidine rings is 1. The summed E-state index contributed by atoms with van der Waals surface area (Å²) in [5, 5.41) is 6.40. The van der Waals surface area contributed by atoms with Gasteiger partial charge < -0.3 is 9.80 Å². The number of rotatable bonds is 4. The number of carbonyl (C=O) groups is 1. The van der Waals surface area contributed by atoms with E-state index in [1.165, 1.54) is 6.20 Å². The maximum Gasteiger partial charge on any atom is 0.222 e. The molecule has 0 aliphatic carbocycles. The number of carbonyl (C=O) groups excluding carboxylic acids is 1. The van der Waals surface area contributed by atoms with Crippen molar-refractivity contribution in [3.63, 3.8) is 0 Å². The van der Waals surface area contributed by atoms with E-state index in [1.54, 1.807) is 18.3 Å². The molecule has 5 nitrogen and oxygen atoms in total. The van der Waals surface area contributed by atoms with E-state index in [0.717, 1.165) is 32.4 Å². The first-order valence-electron chi connectivity index (χ1n) is 9.13. The highest BCUT2D eigenvalue weighted by Crippen LogP contribution is 2.32. The predicted octanol–water partition coefficient (Wildman–Crippen LogP) is 3.19. The number of hydrogen-bond donors (Lipinski definition) is 1.